The number of hydrogen-bond donors (Lipinski definition) is 2. The number of carbonyl (C=O) groups excluding carboxylic acids is 1. The van der Waals surface area contributed by atoms with Crippen molar-refractivity contribution in [3.63, 3.8) is 0 Å². The third kappa shape index (κ3) is 2.56. The van der Waals surface area contributed by atoms with Gasteiger partial charge in [-0.2, -0.15) is 0 Å². The molecule has 0 bridgehead atoms. The van der Waals surface area contributed by atoms with Gasteiger partial charge in [0.15, 0.2) is 0 Å². The van der Waals surface area contributed by atoms with Crippen molar-refractivity contribution in [1.82, 2.24) is 14.9 Å². The van der Waals surface area contributed by atoms with Crippen LogP contribution in [0.1, 0.15) is 52.0 Å². The first-order valence-electron chi connectivity index (χ1n) is 8.35. The highest BCUT2D eigenvalue weighted by Gasteiger charge is 2.37. The fourth-order valence-corrected chi connectivity index (χ4v) is 3.41. The summed E-state index contributed by atoms with van der Waals surface area (Å²) >= 11 is 0. The van der Waals surface area contributed by atoms with E-state index in [9.17, 15) is 14.7 Å². The number of phenolic OH excluding ortho intramolecular Hbond substituents is 1. The molecule has 2 aromatic rings. The summed E-state index contributed by atoms with van der Waals surface area (Å²) in [5, 5.41) is 13.4. The van der Waals surface area contributed by atoms with Gasteiger partial charge in [-0.3, -0.25) is 14.2 Å². The molecule has 6 heteroatoms. The molecule has 1 aliphatic heterocycles. The largest absolute Gasteiger partial charge is 0.506 e. The number of aromatic nitrogens is 2. The van der Waals surface area contributed by atoms with Gasteiger partial charge in [-0.15, -0.1) is 0 Å². The molecule has 1 amide bonds. The van der Waals surface area contributed by atoms with Crippen LogP contribution in [0.4, 0.5) is 0 Å². The lowest BCUT2D eigenvalue weighted by molar-refractivity contribution is -0.128. The number of aromatic hydroxyl groups is 1. The number of nitrogens with zero attached hydrogens (tertiary/aromatic N) is 2. The summed E-state index contributed by atoms with van der Waals surface area (Å²) in [6, 6.07) is 3.86. The van der Waals surface area contributed by atoms with Gasteiger partial charge in [0.05, 0.1) is 11.4 Å². The maximum absolute atomic E-state index is 13.0. The van der Waals surface area contributed by atoms with Crippen LogP contribution in [0.15, 0.2) is 23.0 Å². The second-order valence-electron chi connectivity index (χ2n) is 7.20. The lowest BCUT2D eigenvalue weighted by Gasteiger charge is -2.35. The van der Waals surface area contributed by atoms with E-state index in [1.54, 1.807) is 12.1 Å². The van der Waals surface area contributed by atoms with Gasteiger partial charge in [0, 0.05) is 0 Å². The van der Waals surface area contributed by atoms with E-state index < -0.39 is 6.04 Å². The third-order valence-corrected chi connectivity index (χ3v) is 4.45. The van der Waals surface area contributed by atoms with E-state index in [2.05, 4.69) is 24.1 Å². The van der Waals surface area contributed by atoms with Gasteiger partial charge in [-0.25, -0.2) is 4.98 Å². The number of amides is 1. The van der Waals surface area contributed by atoms with Gasteiger partial charge in [0.1, 0.15) is 23.1 Å². The SMILES string of the molecule is CC(C)CC1NC(=O)C(C(C)C)n2c1nc1c(O)cccc1c2=O. The molecule has 0 fully saturated rings. The summed E-state index contributed by atoms with van der Waals surface area (Å²) in [4.78, 5) is 30.2. The normalized spacial score (nSPS) is 20.5. The number of fused-ring (bicyclic) bond motifs is 2. The number of nitrogens with one attached hydrogen (secondary N) is 1. The summed E-state index contributed by atoms with van der Waals surface area (Å²) in [6.07, 6.45) is 0.683. The third-order valence-electron chi connectivity index (χ3n) is 4.45. The Kier molecular flexibility index (Phi) is 4.07. The first-order valence-corrected chi connectivity index (χ1v) is 8.35. The van der Waals surface area contributed by atoms with Crippen molar-refractivity contribution >= 4 is 16.8 Å². The van der Waals surface area contributed by atoms with Crippen LogP contribution >= 0.6 is 0 Å². The van der Waals surface area contributed by atoms with Crippen LogP contribution in [-0.2, 0) is 4.79 Å². The summed E-state index contributed by atoms with van der Waals surface area (Å²) in [5.74, 6) is 0.649. The first-order chi connectivity index (χ1) is 11.3. The van der Waals surface area contributed by atoms with Crippen LogP contribution in [0.5, 0.6) is 5.75 Å². The standard InChI is InChI=1S/C18H23N3O3/c1-9(2)8-12-16-20-14-11(6-5-7-13(14)22)18(24)21(16)15(10(3)4)17(23)19-12/h5-7,9-10,12,15,22H,8H2,1-4H3,(H,19,23). The summed E-state index contributed by atoms with van der Waals surface area (Å²) in [5.41, 5.74) is 0.0226. The zero-order chi connectivity index (χ0) is 17.6. The topological polar surface area (TPSA) is 84.2 Å². The molecule has 2 atom stereocenters. The molecule has 1 aromatic heterocycles. The summed E-state index contributed by atoms with van der Waals surface area (Å²) < 4.78 is 1.53. The molecule has 2 heterocycles. The van der Waals surface area contributed by atoms with Gasteiger partial charge in [-0.1, -0.05) is 33.8 Å². The molecule has 24 heavy (non-hydrogen) atoms. The fourth-order valence-electron chi connectivity index (χ4n) is 3.41. The van der Waals surface area contributed by atoms with Crippen molar-refractivity contribution in [2.75, 3.05) is 0 Å². The minimum atomic E-state index is -0.588. The molecule has 2 unspecified atom stereocenters. The van der Waals surface area contributed by atoms with Gasteiger partial charge in [-0.05, 0) is 30.4 Å². The predicted octanol–water partition coefficient (Wildman–Crippen LogP) is 2.52. The van der Waals surface area contributed by atoms with Crippen molar-refractivity contribution in [3.8, 4) is 5.75 Å². The van der Waals surface area contributed by atoms with Crippen LogP contribution in [0.25, 0.3) is 10.9 Å². The molecule has 0 saturated heterocycles. The average Bonchev–Trinajstić information content (AvgIpc) is 2.48. The van der Waals surface area contributed by atoms with Crippen molar-refractivity contribution < 1.29 is 9.90 Å². The number of phenols is 1. The van der Waals surface area contributed by atoms with Crippen LogP contribution in [0.3, 0.4) is 0 Å². The molecular weight excluding hydrogens is 306 g/mol. The van der Waals surface area contributed by atoms with Crippen molar-refractivity contribution in [2.24, 2.45) is 11.8 Å². The fraction of sp³-hybridized carbons (Fsp3) is 0.500. The zero-order valence-corrected chi connectivity index (χ0v) is 14.4. The van der Waals surface area contributed by atoms with E-state index in [1.165, 1.54) is 10.6 Å². The van der Waals surface area contributed by atoms with Crippen LogP contribution in [0, 0.1) is 11.8 Å². The van der Waals surface area contributed by atoms with E-state index in [-0.39, 0.29) is 29.2 Å². The molecule has 128 valence electrons. The Morgan fingerprint density at radius 2 is 1.96 bits per heavy atom. The Balaban J connectivity index is 2.34. The second kappa shape index (κ2) is 5.92. The molecule has 6 nitrogen and oxygen atoms in total. The number of para-hydroxylation sites is 1. The number of benzene rings is 1. The molecule has 1 aliphatic rings. The quantitative estimate of drug-likeness (QED) is 0.906. The van der Waals surface area contributed by atoms with Crippen LogP contribution < -0.4 is 10.9 Å². The van der Waals surface area contributed by atoms with Crippen LogP contribution in [0.2, 0.25) is 0 Å². The maximum atomic E-state index is 13.0. The molecule has 0 spiro atoms. The highest BCUT2D eigenvalue weighted by molar-refractivity contribution is 5.86. The lowest BCUT2D eigenvalue weighted by Crippen LogP contribution is -2.49. The minimum absolute atomic E-state index is 0.0192. The van der Waals surface area contributed by atoms with E-state index >= 15 is 0 Å². The van der Waals surface area contributed by atoms with Crippen molar-refractivity contribution in [2.45, 2.75) is 46.2 Å². The van der Waals surface area contributed by atoms with Gasteiger partial charge in [0.2, 0.25) is 5.91 Å². The minimum Gasteiger partial charge on any atom is -0.506 e. The molecular formula is C18H23N3O3. The van der Waals surface area contributed by atoms with Gasteiger partial charge in [0.25, 0.3) is 5.56 Å². The van der Waals surface area contributed by atoms with Crippen molar-refractivity contribution in [1.29, 1.82) is 0 Å². The molecule has 0 radical (unpaired) electrons. The highest BCUT2D eigenvalue weighted by Crippen LogP contribution is 2.32. The molecule has 3 rings (SSSR count). The molecule has 1 aromatic carbocycles. The Morgan fingerprint density at radius 1 is 1.25 bits per heavy atom. The van der Waals surface area contributed by atoms with E-state index in [0.717, 1.165) is 0 Å². The van der Waals surface area contributed by atoms with Gasteiger partial charge >= 0.3 is 0 Å². The Labute approximate surface area is 140 Å². The van der Waals surface area contributed by atoms with Gasteiger partial charge < -0.3 is 10.4 Å². The number of rotatable bonds is 3. The van der Waals surface area contributed by atoms with E-state index in [1.807, 2.05) is 13.8 Å². The summed E-state index contributed by atoms with van der Waals surface area (Å²) in [6.45, 7) is 7.94. The highest BCUT2D eigenvalue weighted by atomic mass is 16.3. The smallest absolute Gasteiger partial charge is 0.262 e. The summed E-state index contributed by atoms with van der Waals surface area (Å²) in [7, 11) is 0. The van der Waals surface area contributed by atoms with Crippen molar-refractivity contribution in [3.05, 3.63) is 34.4 Å². The van der Waals surface area contributed by atoms with E-state index in [4.69, 9.17) is 0 Å². The predicted molar refractivity (Wildman–Crippen MR) is 91.9 cm³/mol. The van der Waals surface area contributed by atoms with E-state index in [0.29, 0.717) is 29.1 Å². The lowest BCUT2D eigenvalue weighted by atomic mass is 9.95. The average molecular weight is 329 g/mol. The molecule has 2 N–H and O–H groups in total. The second-order valence-corrected chi connectivity index (χ2v) is 7.20. The Hall–Kier alpha value is -2.37. The Bertz CT molecular complexity index is 854. The molecule has 0 aliphatic carbocycles. The monoisotopic (exact) mass is 329 g/mol. The first kappa shape index (κ1) is 16.5. The Morgan fingerprint density at radius 3 is 2.58 bits per heavy atom. The molecule has 0 saturated carbocycles. The number of hydrogen-bond acceptors (Lipinski definition) is 4. The van der Waals surface area contributed by atoms with Crippen LogP contribution in [-0.4, -0.2) is 20.6 Å². The maximum Gasteiger partial charge on any atom is 0.262 e. The number of carbonyl (C=O) groups is 1. The zero-order valence-electron chi connectivity index (χ0n) is 14.4.